The van der Waals surface area contributed by atoms with E-state index in [2.05, 4.69) is 25.7 Å². The van der Waals surface area contributed by atoms with E-state index in [-0.39, 0.29) is 41.3 Å². The monoisotopic (exact) mass is 420 g/mol. The molecule has 160 valence electrons. The molecule has 1 unspecified atom stereocenters. The molecule has 1 atom stereocenters. The third-order valence-electron chi connectivity index (χ3n) is 4.56. The van der Waals surface area contributed by atoms with Crippen molar-refractivity contribution in [2.45, 2.75) is 53.4 Å². The van der Waals surface area contributed by atoms with E-state index in [4.69, 9.17) is 0 Å². The van der Waals surface area contributed by atoms with E-state index in [0.29, 0.717) is 17.2 Å². The molecule has 0 aliphatic rings. The molecule has 1 rings (SSSR count). The maximum Gasteiger partial charge on any atom is 0.348 e. The fourth-order valence-electron chi connectivity index (χ4n) is 2.54. The van der Waals surface area contributed by atoms with E-state index >= 15 is 0 Å². The highest BCUT2D eigenvalue weighted by atomic mass is 32.1. The second-order valence-corrected chi connectivity index (χ2v) is 8.78. The van der Waals surface area contributed by atoms with Crippen LogP contribution in [0, 0.1) is 23.7 Å². The third kappa shape index (κ3) is 7.90. The van der Waals surface area contributed by atoms with Crippen LogP contribution in [-0.2, 0) is 9.59 Å². The van der Waals surface area contributed by atoms with Gasteiger partial charge in [-0.15, -0.1) is 11.3 Å². The number of hydrogen-bond donors (Lipinski definition) is 1. The van der Waals surface area contributed by atoms with Crippen molar-refractivity contribution < 1.29 is 19.5 Å². The lowest BCUT2D eigenvalue weighted by atomic mass is 10.0. The predicted molar refractivity (Wildman–Crippen MR) is 117 cm³/mol. The summed E-state index contributed by atoms with van der Waals surface area (Å²) in [5, 5.41) is 9.64. The normalized spacial score (nSPS) is 11.6. The minimum Gasteiger partial charge on any atom is -0.477 e. The molecule has 7 heteroatoms. The van der Waals surface area contributed by atoms with Gasteiger partial charge >= 0.3 is 5.97 Å². The van der Waals surface area contributed by atoms with Gasteiger partial charge in [-0.3, -0.25) is 9.59 Å². The fraction of sp³-hybridized carbons (Fsp3) is 0.591. The Balaban J connectivity index is 3.23. The molecule has 0 spiro atoms. The second-order valence-electron chi connectivity index (χ2n) is 7.73. The number of carboxylic acids is 1. The van der Waals surface area contributed by atoms with E-state index in [1.807, 2.05) is 13.8 Å². The summed E-state index contributed by atoms with van der Waals surface area (Å²) in [6.07, 6.45) is 2.93. The van der Waals surface area contributed by atoms with Crippen molar-refractivity contribution in [3.05, 3.63) is 15.8 Å². The average molecular weight is 421 g/mol. The van der Waals surface area contributed by atoms with Crippen LogP contribution in [0.1, 0.15) is 67.9 Å². The van der Waals surface area contributed by atoms with Gasteiger partial charge in [-0.1, -0.05) is 52.4 Å². The lowest BCUT2D eigenvalue weighted by Gasteiger charge is -2.24. The summed E-state index contributed by atoms with van der Waals surface area (Å²) in [6.45, 7) is 7.95. The lowest BCUT2D eigenvalue weighted by molar-refractivity contribution is -0.129. The number of thiophene rings is 1. The number of nitrogens with zero attached hydrogens (tertiary/aromatic N) is 2. The Morgan fingerprint density at radius 1 is 1.17 bits per heavy atom. The smallest absolute Gasteiger partial charge is 0.348 e. The molecule has 0 aliphatic carbocycles. The Morgan fingerprint density at radius 2 is 1.83 bits per heavy atom. The van der Waals surface area contributed by atoms with Crippen LogP contribution in [0.15, 0.2) is 6.07 Å². The molecule has 0 bridgehead atoms. The lowest BCUT2D eigenvalue weighted by Crippen LogP contribution is -2.40. The highest BCUT2D eigenvalue weighted by molar-refractivity contribution is 7.15. The van der Waals surface area contributed by atoms with Crippen molar-refractivity contribution in [1.29, 1.82) is 0 Å². The van der Waals surface area contributed by atoms with Gasteiger partial charge in [0.05, 0.1) is 10.6 Å². The Bertz CT molecular complexity index is 786. The zero-order chi connectivity index (χ0) is 22.1. The molecule has 0 radical (unpaired) electrons. The molecular weight excluding hydrogens is 388 g/mol. The van der Waals surface area contributed by atoms with Gasteiger partial charge in [-0.2, -0.15) is 0 Å². The summed E-state index contributed by atoms with van der Waals surface area (Å²) < 4.78 is 0. The summed E-state index contributed by atoms with van der Waals surface area (Å²) in [6, 6.07) is 1.61. The predicted octanol–water partition coefficient (Wildman–Crippen LogP) is 4.09. The first-order valence-electron chi connectivity index (χ1n) is 9.95. The van der Waals surface area contributed by atoms with Crippen molar-refractivity contribution in [3.8, 4) is 11.8 Å². The van der Waals surface area contributed by atoms with Gasteiger partial charge in [0.1, 0.15) is 11.4 Å². The number of likely N-dealkylation sites (N-methyl/N-ethyl adjacent to an activating group) is 1. The van der Waals surface area contributed by atoms with Crippen LogP contribution in [0.25, 0.3) is 0 Å². The molecule has 0 aromatic carbocycles. The van der Waals surface area contributed by atoms with Crippen LogP contribution in [0.3, 0.4) is 0 Å². The molecule has 1 aromatic heterocycles. The molecule has 1 N–H and O–H groups in total. The Hall–Kier alpha value is -2.33. The fourth-order valence-corrected chi connectivity index (χ4v) is 3.40. The quantitative estimate of drug-likeness (QED) is 0.610. The van der Waals surface area contributed by atoms with Gasteiger partial charge in [0.2, 0.25) is 11.8 Å². The number of anilines is 1. The van der Waals surface area contributed by atoms with Gasteiger partial charge in [0.25, 0.3) is 0 Å². The Kier molecular flexibility index (Phi) is 9.90. The maximum absolute atomic E-state index is 13.0. The Morgan fingerprint density at radius 3 is 2.34 bits per heavy atom. The van der Waals surface area contributed by atoms with Crippen molar-refractivity contribution >= 4 is 34.8 Å². The number of amides is 2. The maximum atomic E-state index is 13.0. The number of rotatable bonds is 9. The summed E-state index contributed by atoms with van der Waals surface area (Å²) in [5.41, 5.74) is 0.249. The van der Waals surface area contributed by atoms with E-state index in [1.165, 1.54) is 9.80 Å². The van der Waals surface area contributed by atoms with Gasteiger partial charge in [-0.25, -0.2) is 4.79 Å². The summed E-state index contributed by atoms with van der Waals surface area (Å²) in [7, 11) is 3.22. The van der Waals surface area contributed by atoms with E-state index in [0.717, 1.165) is 24.2 Å². The first kappa shape index (κ1) is 24.7. The van der Waals surface area contributed by atoms with E-state index < -0.39 is 5.97 Å². The van der Waals surface area contributed by atoms with Crippen LogP contribution >= 0.6 is 11.3 Å². The molecule has 0 aliphatic heterocycles. The van der Waals surface area contributed by atoms with Gasteiger partial charge in [-0.05, 0) is 18.4 Å². The van der Waals surface area contributed by atoms with Crippen LogP contribution in [0.2, 0.25) is 0 Å². The molecule has 0 fully saturated rings. The van der Waals surface area contributed by atoms with Crippen molar-refractivity contribution in [3.63, 3.8) is 0 Å². The largest absolute Gasteiger partial charge is 0.477 e. The van der Waals surface area contributed by atoms with Crippen LogP contribution in [0.4, 0.5) is 5.69 Å². The first-order valence-corrected chi connectivity index (χ1v) is 10.8. The van der Waals surface area contributed by atoms with E-state index in [9.17, 15) is 19.5 Å². The molecule has 6 nitrogen and oxygen atoms in total. The highest BCUT2D eigenvalue weighted by Gasteiger charge is 2.27. The second kappa shape index (κ2) is 11.6. The topological polar surface area (TPSA) is 77.9 Å². The van der Waals surface area contributed by atoms with Crippen LogP contribution in [0.5, 0.6) is 0 Å². The van der Waals surface area contributed by atoms with Crippen molar-refractivity contribution in [2.75, 3.05) is 25.5 Å². The molecular formula is C22H32N2O4S. The highest BCUT2D eigenvalue weighted by Crippen LogP contribution is 2.31. The van der Waals surface area contributed by atoms with Gasteiger partial charge in [0, 0.05) is 26.4 Å². The summed E-state index contributed by atoms with van der Waals surface area (Å²) >= 11 is 1.03. The zero-order valence-electron chi connectivity index (χ0n) is 18.2. The standard InChI is InChI=1S/C22H32N2O4S/c1-7-16(4)9-8-10-19(25)24(14-20(26)23(5)6)18-13-17(12-11-15(2)3)29-21(18)22(27)28/h13,15-16H,7-10,14H2,1-6H3,(H,27,28). The SMILES string of the molecule is CCC(C)CCCC(=O)N(CC(=O)N(C)C)c1cc(C#CC(C)C)sc1C(=O)O. The van der Waals surface area contributed by atoms with Crippen molar-refractivity contribution in [2.24, 2.45) is 11.8 Å². The number of carboxylic acid groups (broad SMARTS) is 1. The minimum absolute atomic E-state index is 0.0277. The summed E-state index contributed by atoms with van der Waals surface area (Å²) in [4.78, 5) is 40.4. The minimum atomic E-state index is -1.13. The average Bonchev–Trinajstić information content (AvgIpc) is 3.07. The first-order chi connectivity index (χ1) is 13.6. The Labute approximate surface area is 177 Å². The third-order valence-corrected chi connectivity index (χ3v) is 5.59. The summed E-state index contributed by atoms with van der Waals surface area (Å²) in [5.74, 6) is 5.00. The molecule has 0 saturated heterocycles. The van der Waals surface area contributed by atoms with Gasteiger partial charge in [0.15, 0.2) is 0 Å². The number of carbonyl (C=O) groups is 3. The van der Waals surface area contributed by atoms with Crippen LogP contribution in [-0.4, -0.2) is 48.4 Å². The number of carbonyl (C=O) groups excluding carboxylic acids is 2. The zero-order valence-corrected chi connectivity index (χ0v) is 19.1. The van der Waals surface area contributed by atoms with Gasteiger partial charge < -0.3 is 14.9 Å². The number of hydrogen-bond acceptors (Lipinski definition) is 4. The number of aromatic carboxylic acids is 1. The molecule has 29 heavy (non-hydrogen) atoms. The van der Waals surface area contributed by atoms with Crippen LogP contribution < -0.4 is 4.90 Å². The molecule has 0 saturated carbocycles. The molecule has 2 amide bonds. The van der Waals surface area contributed by atoms with E-state index in [1.54, 1.807) is 20.2 Å². The van der Waals surface area contributed by atoms with Crippen molar-refractivity contribution in [1.82, 2.24) is 4.90 Å². The molecule has 1 aromatic rings. The molecule has 1 heterocycles.